The Labute approximate surface area is 187 Å². The van der Waals surface area contributed by atoms with Crippen LogP contribution in [0.5, 0.6) is 0 Å². The van der Waals surface area contributed by atoms with Crippen molar-refractivity contribution >= 4 is 30.7 Å². The third-order valence-corrected chi connectivity index (χ3v) is 6.55. The number of benzene rings is 1. The lowest BCUT2D eigenvalue weighted by Gasteiger charge is -2.39. The molecule has 0 saturated carbocycles. The molecule has 1 aromatic rings. The van der Waals surface area contributed by atoms with Gasteiger partial charge in [0.15, 0.2) is 0 Å². The van der Waals surface area contributed by atoms with Crippen LogP contribution in [0.3, 0.4) is 0 Å². The number of morpholine rings is 1. The van der Waals surface area contributed by atoms with Crippen LogP contribution >= 0.6 is 24.8 Å². The van der Waals surface area contributed by atoms with E-state index < -0.39 is 0 Å². The van der Waals surface area contributed by atoms with E-state index in [-0.39, 0.29) is 42.9 Å². The van der Waals surface area contributed by atoms with Crippen molar-refractivity contribution in [3.63, 3.8) is 0 Å². The van der Waals surface area contributed by atoms with Crippen molar-refractivity contribution in [2.24, 2.45) is 5.41 Å². The summed E-state index contributed by atoms with van der Waals surface area (Å²) in [6, 6.07) is 8.24. The highest BCUT2D eigenvalue weighted by Gasteiger charge is 2.38. The molecule has 3 fully saturated rings. The van der Waals surface area contributed by atoms with Gasteiger partial charge >= 0.3 is 0 Å². The molecule has 0 aliphatic carbocycles. The Morgan fingerprint density at radius 1 is 1.07 bits per heavy atom. The second-order valence-electron chi connectivity index (χ2n) is 8.87. The quantitative estimate of drug-likeness (QED) is 0.777. The van der Waals surface area contributed by atoms with Crippen molar-refractivity contribution < 1.29 is 9.53 Å². The number of ether oxygens (including phenoxy) is 1. The SMILES string of the molecule is CC1CN(Cc2ccc(C(=O)N3CCC4(CCNC4)CC3)cc2)CC(C)O1.Cl.Cl. The number of nitrogens with zero attached hydrogens (tertiary/aromatic N) is 2. The minimum absolute atomic E-state index is 0. The molecule has 3 aliphatic rings. The molecule has 164 valence electrons. The molecule has 1 N–H and O–H groups in total. The summed E-state index contributed by atoms with van der Waals surface area (Å²) in [6.45, 7) is 11.2. The third kappa shape index (κ3) is 5.86. The molecular formula is C22H35Cl2N3O2. The van der Waals surface area contributed by atoms with E-state index in [0.717, 1.165) is 64.2 Å². The van der Waals surface area contributed by atoms with Crippen molar-refractivity contribution in [3.8, 4) is 0 Å². The summed E-state index contributed by atoms with van der Waals surface area (Å²) >= 11 is 0. The summed E-state index contributed by atoms with van der Waals surface area (Å²) in [5, 5.41) is 3.49. The molecule has 1 amide bonds. The molecule has 7 heteroatoms. The van der Waals surface area contributed by atoms with Crippen molar-refractivity contribution in [1.82, 2.24) is 15.1 Å². The molecule has 3 heterocycles. The molecule has 3 saturated heterocycles. The molecule has 2 unspecified atom stereocenters. The van der Waals surface area contributed by atoms with E-state index in [9.17, 15) is 4.79 Å². The van der Waals surface area contributed by atoms with E-state index in [2.05, 4.69) is 36.2 Å². The summed E-state index contributed by atoms with van der Waals surface area (Å²) in [4.78, 5) is 17.4. The highest BCUT2D eigenvalue weighted by Crippen LogP contribution is 2.37. The fourth-order valence-corrected chi connectivity index (χ4v) is 5.01. The normalized spacial score (nSPS) is 26.6. The molecule has 29 heavy (non-hydrogen) atoms. The Bertz CT molecular complexity index is 645. The van der Waals surface area contributed by atoms with Crippen LogP contribution in [0.25, 0.3) is 0 Å². The lowest BCUT2D eigenvalue weighted by molar-refractivity contribution is -0.0704. The zero-order chi connectivity index (χ0) is 18.9. The van der Waals surface area contributed by atoms with E-state index in [1.54, 1.807) is 0 Å². The second kappa shape index (κ2) is 10.5. The van der Waals surface area contributed by atoms with Gasteiger partial charge in [0.1, 0.15) is 0 Å². The van der Waals surface area contributed by atoms with Crippen molar-refractivity contribution in [1.29, 1.82) is 0 Å². The number of nitrogens with one attached hydrogen (secondary N) is 1. The van der Waals surface area contributed by atoms with Crippen molar-refractivity contribution in [2.75, 3.05) is 39.3 Å². The molecule has 0 aromatic heterocycles. The fourth-order valence-electron chi connectivity index (χ4n) is 5.01. The molecule has 2 atom stereocenters. The van der Waals surface area contributed by atoms with Crippen LogP contribution in [0.2, 0.25) is 0 Å². The largest absolute Gasteiger partial charge is 0.373 e. The zero-order valence-corrected chi connectivity index (χ0v) is 19.2. The van der Waals surface area contributed by atoms with E-state index in [4.69, 9.17) is 4.74 Å². The summed E-state index contributed by atoms with van der Waals surface area (Å²) in [5.41, 5.74) is 2.54. The van der Waals surface area contributed by atoms with Gasteiger partial charge in [0, 0.05) is 44.8 Å². The van der Waals surface area contributed by atoms with Gasteiger partial charge < -0.3 is 15.0 Å². The molecule has 1 spiro atoms. The number of carbonyl (C=O) groups excluding carboxylic acids is 1. The lowest BCUT2D eigenvalue weighted by atomic mass is 9.78. The summed E-state index contributed by atoms with van der Waals surface area (Å²) < 4.78 is 5.81. The van der Waals surface area contributed by atoms with Gasteiger partial charge in [-0.1, -0.05) is 12.1 Å². The minimum Gasteiger partial charge on any atom is -0.373 e. The summed E-state index contributed by atoms with van der Waals surface area (Å²) in [7, 11) is 0. The van der Waals surface area contributed by atoms with Crippen LogP contribution in [0.1, 0.15) is 49.0 Å². The predicted octanol–water partition coefficient (Wildman–Crippen LogP) is 3.36. The number of piperidine rings is 1. The Morgan fingerprint density at radius 2 is 1.69 bits per heavy atom. The molecule has 3 aliphatic heterocycles. The Balaban J connectivity index is 0.00000150. The van der Waals surface area contributed by atoms with E-state index in [1.807, 2.05) is 17.0 Å². The number of likely N-dealkylation sites (tertiary alicyclic amines) is 1. The molecule has 0 radical (unpaired) electrons. The number of amides is 1. The molecule has 1 aromatic carbocycles. The first-order valence-corrected chi connectivity index (χ1v) is 10.5. The van der Waals surface area contributed by atoms with Crippen LogP contribution in [0.15, 0.2) is 24.3 Å². The van der Waals surface area contributed by atoms with Crippen molar-refractivity contribution in [3.05, 3.63) is 35.4 Å². The van der Waals surface area contributed by atoms with Crippen LogP contribution < -0.4 is 5.32 Å². The third-order valence-electron chi connectivity index (χ3n) is 6.55. The number of rotatable bonds is 3. The minimum atomic E-state index is 0. The van der Waals surface area contributed by atoms with Gasteiger partial charge in [0.05, 0.1) is 12.2 Å². The standard InChI is InChI=1S/C22H33N3O2.2ClH/c1-17-13-24(14-18(2)27-17)15-19-3-5-20(6-4-19)21(26)25-11-8-22(9-12-25)7-10-23-16-22;;/h3-6,17-18,23H,7-16H2,1-2H3;2*1H. The number of hydrogen-bond donors (Lipinski definition) is 1. The van der Waals surface area contributed by atoms with Crippen LogP contribution in [-0.4, -0.2) is 67.2 Å². The van der Waals surface area contributed by atoms with Gasteiger partial charge in [-0.25, -0.2) is 0 Å². The number of carbonyl (C=O) groups is 1. The summed E-state index contributed by atoms with van der Waals surface area (Å²) in [5.74, 6) is 0.191. The first-order chi connectivity index (χ1) is 13.0. The maximum absolute atomic E-state index is 12.9. The van der Waals surface area contributed by atoms with E-state index in [0.29, 0.717) is 5.41 Å². The summed E-state index contributed by atoms with van der Waals surface area (Å²) in [6.07, 6.45) is 4.11. The van der Waals surface area contributed by atoms with Crippen LogP contribution in [0.4, 0.5) is 0 Å². The highest BCUT2D eigenvalue weighted by atomic mass is 35.5. The maximum Gasteiger partial charge on any atom is 0.253 e. The topological polar surface area (TPSA) is 44.8 Å². The Hall–Kier alpha value is -0.850. The lowest BCUT2D eigenvalue weighted by Crippen LogP contribution is -2.44. The maximum atomic E-state index is 12.9. The smallest absolute Gasteiger partial charge is 0.253 e. The zero-order valence-electron chi connectivity index (χ0n) is 17.6. The molecule has 4 rings (SSSR count). The predicted molar refractivity (Wildman–Crippen MR) is 121 cm³/mol. The first kappa shape index (κ1) is 24.4. The van der Waals surface area contributed by atoms with Gasteiger partial charge in [-0.15, -0.1) is 24.8 Å². The number of hydrogen-bond acceptors (Lipinski definition) is 4. The average molecular weight is 444 g/mol. The van der Waals surface area contributed by atoms with E-state index >= 15 is 0 Å². The monoisotopic (exact) mass is 443 g/mol. The number of halogens is 2. The highest BCUT2D eigenvalue weighted by molar-refractivity contribution is 5.94. The molecular weight excluding hydrogens is 409 g/mol. The second-order valence-corrected chi connectivity index (χ2v) is 8.87. The average Bonchev–Trinajstić information content (AvgIpc) is 3.10. The van der Waals surface area contributed by atoms with Gasteiger partial charge in [0.25, 0.3) is 5.91 Å². The van der Waals surface area contributed by atoms with Gasteiger partial charge in [-0.3, -0.25) is 9.69 Å². The van der Waals surface area contributed by atoms with Crippen molar-refractivity contribution in [2.45, 2.75) is 51.9 Å². The van der Waals surface area contributed by atoms with Gasteiger partial charge in [-0.05, 0) is 62.8 Å². The van der Waals surface area contributed by atoms with Crippen LogP contribution in [0, 0.1) is 5.41 Å². The molecule has 0 bridgehead atoms. The first-order valence-electron chi connectivity index (χ1n) is 10.5. The van der Waals surface area contributed by atoms with E-state index in [1.165, 1.54) is 12.0 Å². The molecule has 5 nitrogen and oxygen atoms in total. The Kier molecular flexibility index (Phi) is 8.80. The van der Waals surface area contributed by atoms with Crippen LogP contribution in [-0.2, 0) is 11.3 Å². The fraction of sp³-hybridized carbons (Fsp3) is 0.682. The van der Waals surface area contributed by atoms with Gasteiger partial charge in [0.2, 0.25) is 0 Å². The van der Waals surface area contributed by atoms with Gasteiger partial charge in [-0.2, -0.15) is 0 Å². The Morgan fingerprint density at radius 3 is 2.24 bits per heavy atom.